The number of hydrogen-bond donors (Lipinski definition) is 1. The van der Waals surface area contributed by atoms with Crippen LogP contribution < -0.4 is 5.32 Å². The summed E-state index contributed by atoms with van der Waals surface area (Å²) in [4.78, 5) is 10.3. The number of anilines is 1. The van der Waals surface area contributed by atoms with E-state index in [4.69, 9.17) is 0 Å². The van der Waals surface area contributed by atoms with Gasteiger partial charge in [0.1, 0.15) is 5.82 Å². The van der Waals surface area contributed by atoms with E-state index in [-0.39, 0.29) is 17.5 Å². The van der Waals surface area contributed by atoms with Crippen molar-refractivity contribution in [1.82, 2.24) is 0 Å². The molecule has 0 saturated carbocycles. The van der Waals surface area contributed by atoms with Gasteiger partial charge in [-0.25, -0.2) is 4.39 Å². The van der Waals surface area contributed by atoms with Gasteiger partial charge in [-0.1, -0.05) is 22.0 Å². The molecule has 1 unspecified atom stereocenters. The molecule has 0 aliphatic carbocycles. The second-order valence-electron chi connectivity index (χ2n) is 4.46. The SMILES string of the molecule is CC(Nc1ccc([N+](=O)[O-])c(Br)c1)c1ccc(Br)cc1F. The molecule has 2 aromatic carbocycles. The first-order valence-electron chi connectivity index (χ1n) is 6.04. The lowest BCUT2D eigenvalue weighted by Crippen LogP contribution is -2.08. The number of nitrogens with one attached hydrogen (secondary N) is 1. The molecule has 0 heterocycles. The average Bonchev–Trinajstić information content (AvgIpc) is 2.37. The molecule has 7 heteroatoms. The number of nitrogens with zero attached hydrogens (tertiary/aromatic N) is 1. The van der Waals surface area contributed by atoms with Gasteiger partial charge < -0.3 is 5.32 Å². The zero-order valence-corrected chi connectivity index (χ0v) is 14.1. The van der Waals surface area contributed by atoms with Crippen molar-refractivity contribution in [2.75, 3.05) is 5.32 Å². The first kappa shape index (κ1) is 15.9. The van der Waals surface area contributed by atoms with Crippen molar-refractivity contribution >= 4 is 43.2 Å². The molecule has 0 aliphatic rings. The molecule has 0 aliphatic heterocycles. The molecular formula is C14H11Br2FN2O2. The van der Waals surface area contributed by atoms with Gasteiger partial charge >= 0.3 is 0 Å². The standard InChI is InChI=1S/C14H11Br2FN2O2/c1-8(11-4-2-9(15)6-13(11)17)18-10-3-5-14(19(20)21)12(16)7-10/h2-8,18H,1H3. The van der Waals surface area contributed by atoms with Crippen LogP contribution in [0, 0.1) is 15.9 Å². The van der Waals surface area contributed by atoms with E-state index < -0.39 is 4.92 Å². The molecule has 4 nitrogen and oxygen atoms in total. The molecule has 2 aromatic rings. The van der Waals surface area contributed by atoms with Crippen LogP contribution >= 0.6 is 31.9 Å². The Morgan fingerprint density at radius 3 is 2.52 bits per heavy atom. The maximum Gasteiger partial charge on any atom is 0.283 e. The zero-order chi connectivity index (χ0) is 15.6. The van der Waals surface area contributed by atoms with Gasteiger partial charge in [0.25, 0.3) is 5.69 Å². The summed E-state index contributed by atoms with van der Waals surface area (Å²) in [5.74, 6) is -0.314. The highest BCUT2D eigenvalue weighted by Crippen LogP contribution is 2.30. The van der Waals surface area contributed by atoms with E-state index >= 15 is 0 Å². The van der Waals surface area contributed by atoms with Crippen molar-refractivity contribution in [3.05, 3.63) is 66.8 Å². The van der Waals surface area contributed by atoms with Crippen LogP contribution in [0.1, 0.15) is 18.5 Å². The maximum atomic E-state index is 13.9. The Bertz CT molecular complexity index is 695. The summed E-state index contributed by atoms with van der Waals surface area (Å²) in [7, 11) is 0. The van der Waals surface area contributed by atoms with Gasteiger partial charge in [-0.2, -0.15) is 0 Å². The molecule has 0 radical (unpaired) electrons. The third kappa shape index (κ3) is 3.79. The lowest BCUT2D eigenvalue weighted by atomic mass is 10.1. The monoisotopic (exact) mass is 416 g/mol. The molecule has 0 spiro atoms. The summed E-state index contributed by atoms with van der Waals surface area (Å²) in [5.41, 5.74) is 1.18. The molecule has 1 N–H and O–H groups in total. The first-order valence-corrected chi connectivity index (χ1v) is 7.62. The summed E-state index contributed by atoms with van der Waals surface area (Å²) >= 11 is 6.37. The third-order valence-corrected chi connectivity index (χ3v) is 4.08. The van der Waals surface area contributed by atoms with Gasteiger partial charge in [-0.05, 0) is 47.1 Å². The minimum absolute atomic E-state index is 0.0111. The fourth-order valence-electron chi connectivity index (χ4n) is 1.93. The predicted molar refractivity (Wildman–Crippen MR) is 86.9 cm³/mol. The van der Waals surface area contributed by atoms with Gasteiger partial charge in [-0.3, -0.25) is 10.1 Å². The van der Waals surface area contributed by atoms with E-state index in [2.05, 4.69) is 37.2 Å². The Hall–Kier alpha value is -1.47. The Morgan fingerprint density at radius 2 is 1.95 bits per heavy atom. The van der Waals surface area contributed by atoms with Gasteiger partial charge in [0.05, 0.1) is 15.4 Å². The minimum atomic E-state index is -0.467. The van der Waals surface area contributed by atoms with Crippen LogP contribution in [0.5, 0.6) is 0 Å². The topological polar surface area (TPSA) is 55.2 Å². The number of benzene rings is 2. The van der Waals surface area contributed by atoms with Crippen LogP contribution in [-0.4, -0.2) is 4.92 Å². The molecule has 0 fully saturated rings. The predicted octanol–water partition coefficient (Wildman–Crippen LogP) is 5.43. The van der Waals surface area contributed by atoms with Crippen LogP contribution in [-0.2, 0) is 0 Å². The Balaban J connectivity index is 2.21. The van der Waals surface area contributed by atoms with Crippen LogP contribution in [0.15, 0.2) is 45.3 Å². The molecule has 2 rings (SSSR count). The van der Waals surface area contributed by atoms with E-state index in [1.165, 1.54) is 12.1 Å². The van der Waals surface area contributed by atoms with Crippen molar-refractivity contribution in [2.24, 2.45) is 0 Å². The highest BCUT2D eigenvalue weighted by molar-refractivity contribution is 9.10. The van der Waals surface area contributed by atoms with Gasteiger partial charge in [0.15, 0.2) is 0 Å². The molecule has 1 atom stereocenters. The maximum absolute atomic E-state index is 13.9. The summed E-state index contributed by atoms with van der Waals surface area (Å²) in [6, 6.07) is 9.18. The number of rotatable bonds is 4. The normalized spacial score (nSPS) is 12.0. The smallest absolute Gasteiger partial charge is 0.283 e. The van der Waals surface area contributed by atoms with Crippen molar-refractivity contribution < 1.29 is 9.31 Å². The average molecular weight is 418 g/mol. The van der Waals surface area contributed by atoms with E-state index in [1.807, 2.05) is 6.92 Å². The van der Waals surface area contributed by atoms with Crippen LogP contribution in [0.4, 0.5) is 15.8 Å². The minimum Gasteiger partial charge on any atom is -0.378 e. The van der Waals surface area contributed by atoms with Crippen LogP contribution in [0.2, 0.25) is 0 Å². The number of nitro benzene ring substituents is 1. The largest absolute Gasteiger partial charge is 0.378 e. The van der Waals surface area contributed by atoms with Crippen molar-refractivity contribution in [2.45, 2.75) is 13.0 Å². The first-order chi connectivity index (χ1) is 9.88. The van der Waals surface area contributed by atoms with E-state index in [0.29, 0.717) is 20.2 Å². The fourth-order valence-corrected chi connectivity index (χ4v) is 2.78. The van der Waals surface area contributed by atoms with E-state index in [9.17, 15) is 14.5 Å². The van der Waals surface area contributed by atoms with Crippen molar-refractivity contribution in [3.63, 3.8) is 0 Å². The summed E-state index contributed by atoms with van der Waals surface area (Å²) < 4.78 is 14.9. The van der Waals surface area contributed by atoms with Crippen LogP contribution in [0.25, 0.3) is 0 Å². The highest BCUT2D eigenvalue weighted by atomic mass is 79.9. The Labute approximate surface area is 137 Å². The number of halogens is 3. The third-order valence-electron chi connectivity index (χ3n) is 2.96. The second-order valence-corrected chi connectivity index (χ2v) is 6.23. The van der Waals surface area contributed by atoms with Gasteiger partial charge in [-0.15, -0.1) is 0 Å². The molecule has 110 valence electrons. The second kappa shape index (κ2) is 6.53. The summed E-state index contributed by atoms with van der Waals surface area (Å²) in [6.45, 7) is 1.82. The van der Waals surface area contributed by atoms with Crippen molar-refractivity contribution in [1.29, 1.82) is 0 Å². The molecular weight excluding hydrogens is 407 g/mol. The molecule has 0 saturated heterocycles. The zero-order valence-electron chi connectivity index (χ0n) is 10.9. The summed E-state index contributed by atoms with van der Waals surface area (Å²) in [5, 5.41) is 13.9. The Morgan fingerprint density at radius 1 is 1.24 bits per heavy atom. The van der Waals surface area contributed by atoms with E-state index in [1.54, 1.807) is 24.3 Å². The molecule has 0 amide bonds. The fraction of sp³-hybridized carbons (Fsp3) is 0.143. The number of hydrogen-bond acceptors (Lipinski definition) is 3. The quantitative estimate of drug-likeness (QED) is 0.532. The van der Waals surface area contributed by atoms with Crippen LogP contribution in [0.3, 0.4) is 0 Å². The highest BCUT2D eigenvalue weighted by Gasteiger charge is 2.14. The number of nitro groups is 1. The van der Waals surface area contributed by atoms with Gasteiger partial charge in [0, 0.05) is 21.8 Å². The summed E-state index contributed by atoms with van der Waals surface area (Å²) in [6.07, 6.45) is 0. The molecule has 21 heavy (non-hydrogen) atoms. The molecule has 0 bridgehead atoms. The van der Waals surface area contributed by atoms with Gasteiger partial charge in [0.2, 0.25) is 0 Å². The van der Waals surface area contributed by atoms with Crippen molar-refractivity contribution in [3.8, 4) is 0 Å². The van der Waals surface area contributed by atoms with E-state index in [0.717, 1.165) is 0 Å². The lowest BCUT2D eigenvalue weighted by Gasteiger charge is -2.16. The lowest BCUT2D eigenvalue weighted by molar-refractivity contribution is -0.385. The Kier molecular flexibility index (Phi) is 4.95. The molecule has 0 aromatic heterocycles.